The van der Waals surface area contributed by atoms with Crippen LogP contribution >= 0.6 is 12.2 Å². The van der Waals surface area contributed by atoms with Crippen LogP contribution in [0.4, 0.5) is 5.82 Å². The van der Waals surface area contributed by atoms with E-state index in [-0.39, 0.29) is 5.41 Å². The Balaban J connectivity index is 2.03. The highest BCUT2D eigenvalue weighted by molar-refractivity contribution is 7.80. The first kappa shape index (κ1) is 13.2. The Morgan fingerprint density at radius 1 is 1.56 bits per heavy atom. The number of rotatable bonds is 4. The normalized spacial score (nSPS) is 18.3. The van der Waals surface area contributed by atoms with Crippen LogP contribution in [0.2, 0.25) is 0 Å². The molecule has 0 radical (unpaired) electrons. The third kappa shape index (κ3) is 3.14. The quantitative estimate of drug-likeness (QED) is 0.801. The fourth-order valence-corrected chi connectivity index (χ4v) is 2.16. The van der Waals surface area contributed by atoms with Crippen molar-refractivity contribution in [3.05, 3.63) is 17.8 Å². The molecule has 1 aliphatic rings. The SMILES string of the molecule is CC1(CNc2nnccc2C(N)=S)CCOCC1. The number of hydrogen-bond acceptors (Lipinski definition) is 5. The van der Waals surface area contributed by atoms with Gasteiger partial charge in [0.05, 0.1) is 11.8 Å². The number of hydrogen-bond donors (Lipinski definition) is 2. The Bertz CT molecular complexity index is 432. The maximum absolute atomic E-state index is 5.66. The van der Waals surface area contributed by atoms with Crippen LogP contribution in [-0.2, 0) is 4.74 Å². The molecule has 18 heavy (non-hydrogen) atoms. The third-order valence-corrected chi connectivity index (χ3v) is 3.59. The Morgan fingerprint density at radius 3 is 2.94 bits per heavy atom. The summed E-state index contributed by atoms with van der Waals surface area (Å²) in [6, 6.07) is 1.78. The molecule has 1 saturated heterocycles. The molecular formula is C12H18N4OS. The first-order chi connectivity index (χ1) is 8.61. The molecule has 5 nitrogen and oxygen atoms in total. The van der Waals surface area contributed by atoms with Crippen molar-refractivity contribution in [2.45, 2.75) is 19.8 Å². The predicted molar refractivity (Wildman–Crippen MR) is 74.6 cm³/mol. The van der Waals surface area contributed by atoms with Crippen molar-refractivity contribution in [3.8, 4) is 0 Å². The summed E-state index contributed by atoms with van der Waals surface area (Å²) < 4.78 is 5.38. The Labute approximate surface area is 112 Å². The molecule has 6 heteroatoms. The lowest BCUT2D eigenvalue weighted by molar-refractivity contribution is 0.0299. The molecule has 1 aliphatic heterocycles. The Morgan fingerprint density at radius 2 is 2.28 bits per heavy atom. The average molecular weight is 266 g/mol. The second-order valence-electron chi connectivity index (χ2n) is 4.93. The smallest absolute Gasteiger partial charge is 0.158 e. The zero-order valence-corrected chi connectivity index (χ0v) is 11.3. The van der Waals surface area contributed by atoms with E-state index >= 15 is 0 Å². The molecule has 3 N–H and O–H groups in total. The van der Waals surface area contributed by atoms with Crippen LogP contribution in [0.5, 0.6) is 0 Å². The van der Waals surface area contributed by atoms with E-state index in [9.17, 15) is 0 Å². The number of nitrogens with zero attached hydrogens (tertiary/aromatic N) is 2. The molecule has 1 aromatic heterocycles. The average Bonchev–Trinajstić information content (AvgIpc) is 2.38. The maximum atomic E-state index is 5.66. The number of aromatic nitrogens is 2. The van der Waals surface area contributed by atoms with E-state index in [1.54, 1.807) is 12.3 Å². The van der Waals surface area contributed by atoms with Crippen molar-refractivity contribution in [1.29, 1.82) is 0 Å². The Kier molecular flexibility index (Phi) is 4.08. The van der Waals surface area contributed by atoms with Crippen LogP contribution in [0.15, 0.2) is 12.3 Å². The van der Waals surface area contributed by atoms with Crippen LogP contribution in [0.1, 0.15) is 25.3 Å². The van der Waals surface area contributed by atoms with E-state index in [2.05, 4.69) is 22.4 Å². The molecule has 0 saturated carbocycles. The lowest BCUT2D eigenvalue weighted by Crippen LogP contribution is -2.33. The van der Waals surface area contributed by atoms with Crippen LogP contribution in [-0.4, -0.2) is 34.9 Å². The van der Waals surface area contributed by atoms with Gasteiger partial charge in [-0.25, -0.2) is 0 Å². The third-order valence-electron chi connectivity index (χ3n) is 3.37. The van der Waals surface area contributed by atoms with E-state index in [1.165, 1.54) is 0 Å². The fourth-order valence-electron chi connectivity index (χ4n) is 2.00. The zero-order valence-electron chi connectivity index (χ0n) is 10.5. The number of nitrogens with two attached hydrogens (primary N) is 1. The van der Waals surface area contributed by atoms with Gasteiger partial charge in [0.1, 0.15) is 4.99 Å². The van der Waals surface area contributed by atoms with Gasteiger partial charge in [0.15, 0.2) is 5.82 Å². The molecule has 0 aliphatic carbocycles. The van der Waals surface area contributed by atoms with E-state index in [0.717, 1.165) is 38.2 Å². The van der Waals surface area contributed by atoms with Gasteiger partial charge in [-0.05, 0) is 24.3 Å². The van der Waals surface area contributed by atoms with Crippen molar-refractivity contribution in [2.24, 2.45) is 11.1 Å². The standard InChI is InChI=1S/C12H18N4OS/c1-12(3-6-17-7-4-12)8-14-11-9(10(13)18)2-5-15-16-11/h2,5H,3-4,6-8H2,1H3,(H2,13,18)(H,14,16). The van der Waals surface area contributed by atoms with Crippen molar-refractivity contribution < 1.29 is 4.74 Å². The topological polar surface area (TPSA) is 73.1 Å². The summed E-state index contributed by atoms with van der Waals surface area (Å²) in [5.41, 5.74) is 6.63. The minimum atomic E-state index is 0.225. The van der Waals surface area contributed by atoms with Crippen LogP contribution in [0.25, 0.3) is 0 Å². The molecule has 0 amide bonds. The zero-order chi connectivity index (χ0) is 13.0. The maximum Gasteiger partial charge on any atom is 0.158 e. The first-order valence-corrected chi connectivity index (χ1v) is 6.45. The van der Waals surface area contributed by atoms with Gasteiger partial charge < -0.3 is 15.8 Å². The minimum absolute atomic E-state index is 0.225. The molecule has 0 spiro atoms. The summed E-state index contributed by atoms with van der Waals surface area (Å²) >= 11 is 5.00. The van der Waals surface area contributed by atoms with Gasteiger partial charge in [0.25, 0.3) is 0 Å². The summed E-state index contributed by atoms with van der Waals surface area (Å²) in [7, 11) is 0. The van der Waals surface area contributed by atoms with Gasteiger partial charge in [-0.2, -0.15) is 5.10 Å². The molecule has 2 heterocycles. The van der Waals surface area contributed by atoms with Crippen LogP contribution < -0.4 is 11.1 Å². The predicted octanol–water partition coefficient (Wildman–Crippen LogP) is 1.34. The van der Waals surface area contributed by atoms with Gasteiger partial charge in [-0.1, -0.05) is 19.1 Å². The van der Waals surface area contributed by atoms with E-state index < -0.39 is 0 Å². The summed E-state index contributed by atoms with van der Waals surface area (Å²) in [5, 5.41) is 11.2. The van der Waals surface area contributed by atoms with Gasteiger partial charge in [0, 0.05) is 19.8 Å². The highest BCUT2D eigenvalue weighted by atomic mass is 32.1. The molecular weight excluding hydrogens is 248 g/mol. The van der Waals surface area contributed by atoms with Gasteiger partial charge in [-0.3, -0.25) is 0 Å². The highest BCUT2D eigenvalue weighted by Crippen LogP contribution is 2.30. The lowest BCUT2D eigenvalue weighted by Gasteiger charge is -2.33. The molecule has 0 atom stereocenters. The molecule has 1 aromatic rings. The van der Waals surface area contributed by atoms with E-state index in [0.29, 0.717) is 10.8 Å². The second kappa shape index (κ2) is 5.58. The second-order valence-corrected chi connectivity index (χ2v) is 5.37. The molecule has 0 bridgehead atoms. The summed E-state index contributed by atoms with van der Waals surface area (Å²) in [6.07, 6.45) is 3.68. The number of ether oxygens (including phenoxy) is 1. The van der Waals surface area contributed by atoms with Crippen molar-refractivity contribution in [1.82, 2.24) is 10.2 Å². The lowest BCUT2D eigenvalue weighted by atomic mass is 9.82. The summed E-state index contributed by atoms with van der Waals surface area (Å²) in [6.45, 7) is 4.71. The summed E-state index contributed by atoms with van der Waals surface area (Å²) in [4.78, 5) is 0.338. The number of thiocarbonyl (C=S) groups is 1. The molecule has 2 rings (SSSR count). The molecule has 1 fully saturated rings. The van der Waals surface area contributed by atoms with Gasteiger partial charge in [-0.15, -0.1) is 5.10 Å². The monoisotopic (exact) mass is 266 g/mol. The number of anilines is 1. The number of nitrogens with one attached hydrogen (secondary N) is 1. The molecule has 0 unspecified atom stereocenters. The molecule has 0 aromatic carbocycles. The van der Waals surface area contributed by atoms with Crippen LogP contribution in [0.3, 0.4) is 0 Å². The van der Waals surface area contributed by atoms with Crippen molar-refractivity contribution in [3.63, 3.8) is 0 Å². The minimum Gasteiger partial charge on any atom is -0.389 e. The van der Waals surface area contributed by atoms with Crippen molar-refractivity contribution in [2.75, 3.05) is 25.1 Å². The largest absolute Gasteiger partial charge is 0.389 e. The van der Waals surface area contributed by atoms with Gasteiger partial charge in [0.2, 0.25) is 0 Å². The first-order valence-electron chi connectivity index (χ1n) is 6.04. The summed E-state index contributed by atoms with van der Waals surface area (Å²) in [5.74, 6) is 0.665. The van der Waals surface area contributed by atoms with E-state index in [1.807, 2.05) is 0 Å². The highest BCUT2D eigenvalue weighted by Gasteiger charge is 2.27. The fraction of sp³-hybridized carbons (Fsp3) is 0.583. The van der Waals surface area contributed by atoms with E-state index in [4.69, 9.17) is 22.7 Å². The molecule has 98 valence electrons. The van der Waals surface area contributed by atoms with Crippen LogP contribution in [0, 0.1) is 5.41 Å². The van der Waals surface area contributed by atoms with Crippen molar-refractivity contribution >= 4 is 23.0 Å². The Hall–Kier alpha value is -1.27. The van der Waals surface area contributed by atoms with Gasteiger partial charge >= 0.3 is 0 Å².